The number of carbonyl (C=O) groups is 1. The Morgan fingerprint density at radius 2 is 2.09 bits per heavy atom. The molecule has 0 aromatic heterocycles. The van der Waals surface area contributed by atoms with Crippen LogP contribution in [-0.4, -0.2) is 24.9 Å². The Hall–Kier alpha value is -1.69. The summed E-state index contributed by atoms with van der Waals surface area (Å²) in [6.07, 6.45) is -5.42. The highest BCUT2D eigenvalue weighted by atomic mass is 35.5. The molecular formula is C15H14ClF3O3. The minimum atomic E-state index is -4.72. The first kappa shape index (κ1) is 16.7. The summed E-state index contributed by atoms with van der Waals surface area (Å²) >= 11 is 5.90. The van der Waals surface area contributed by atoms with E-state index in [1.165, 1.54) is 12.1 Å². The van der Waals surface area contributed by atoms with Gasteiger partial charge in [-0.2, -0.15) is 13.2 Å². The molecule has 0 N–H and O–H groups in total. The second kappa shape index (κ2) is 6.20. The summed E-state index contributed by atoms with van der Waals surface area (Å²) in [5.41, 5.74) is 0.220. The Labute approximate surface area is 130 Å². The lowest BCUT2D eigenvalue weighted by Crippen LogP contribution is -2.41. The van der Waals surface area contributed by atoms with Crippen LogP contribution in [0.1, 0.15) is 24.5 Å². The summed E-state index contributed by atoms with van der Waals surface area (Å²) in [7, 11) is 0. The van der Waals surface area contributed by atoms with Crippen molar-refractivity contribution in [1.29, 1.82) is 0 Å². The Morgan fingerprint density at radius 3 is 2.68 bits per heavy atom. The molecular weight excluding hydrogens is 321 g/mol. The number of rotatable bonds is 3. The fraction of sp³-hybridized carbons (Fsp3) is 0.400. The second-order valence-electron chi connectivity index (χ2n) is 4.92. The molecule has 0 amide bonds. The summed E-state index contributed by atoms with van der Waals surface area (Å²) in [5.74, 6) is -0.966. The van der Waals surface area contributed by atoms with Gasteiger partial charge in [0, 0.05) is 10.6 Å². The van der Waals surface area contributed by atoms with Gasteiger partial charge in [-0.05, 0) is 37.1 Å². The third kappa shape index (κ3) is 3.38. The molecule has 22 heavy (non-hydrogen) atoms. The number of esters is 1. The molecule has 1 heterocycles. The molecule has 1 unspecified atom stereocenters. The van der Waals surface area contributed by atoms with Gasteiger partial charge in [-0.1, -0.05) is 18.5 Å². The van der Waals surface area contributed by atoms with Gasteiger partial charge in [0.2, 0.25) is 6.10 Å². The number of fused-ring (bicyclic) bond motifs is 1. The van der Waals surface area contributed by atoms with Crippen LogP contribution in [0.3, 0.4) is 0 Å². The average molecular weight is 335 g/mol. The fourth-order valence-electron chi connectivity index (χ4n) is 2.14. The fourth-order valence-corrected chi connectivity index (χ4v) is 2.42. The molecule has 120 valence electrons. The number of ether oxygens (including phenoxy) is 2. The zero-order valence-corrected chi connectivity index (χ0v) is 12.7. The van der Waals surface area contributed by atoms with E-state index in [1.54, 1.807) is 13.8 Å². The zero-order valence-electron chi connectivity index (χ0n) is 12.0. The predicted molar refractivity (Wildman–Crippen MR) is 75.9 cm³/mol. The molecule has 0 fully saturated rings. The number of halogens is 4. The number of benzene rings is 1. The predicted octanol–water partition coefficient (Wildman–Crippen LogP) is 4.31. The molecule has 0 bridgehead atoms. The molecule has 3 nitrogen and oxygen atoms in total. The van der Waals surface area contributed by atoms with Crippen molar-refractivity contribution in [3.8, 4) is 5.75 Å². The smallest absolute Gasteiger partial charge is 0.430 e. The van der Waals surface area contributed by atoms with Crippen molar-refractivity contribution >= 4 is 23.6 Å². The third-order valence-corrected chi connectivity index (χ3v) is 3.29. The van der Waals surface area contributed by atoms with Crippen molar-refractivity contribution in [2.45, 2.75) is 32.5 Å². The monoisotopic (exact) mass is 334 g/mol. The van der Waals surface area contributed by atoms with Crippen LogP contribution in [0.5, 0.6) is 5.75 Å². The van der Waals surface area contributed by atoms with E-state index in [2.05, 4.69) is 0 Å². The highest BCUT2D eigenvalue weighted by molar-refractivity contribution is 6.30. The molecule has 2 rings (SSSR count). The standard InChI is InChI=1S/C15H14ClF3O3/c1-3-4-21-14(20)11-7-9-6-10(16)5-8(2)12(9)22-13(11)15(17,18)19/h5-7,13H,3-4H2,1-2H3. The summed E-state index contributed by atoms with van der Waals surface area (Å²) in [5, 5.41) is 0.350. The van der Waals surface area contributed by atoms with Gasteiger partial charge in [-0.3, -0.25) is 0 Å². The van der Waals surface area contributed by atoms with Crippen LogP contribution in [0.4, 0.5) is 13.2 Å². The van der Waals surface area contributed by atoms with Crippen molar-refractivity contribution in [3.63, 3.8) is 0 Å². The van der Waals surface area contributed by atoms with Gasteiger partial charge in [0.25, 0.3) is 0 Å². The van der Waals surface area contributed by atoms with Gasteiger partial charge in [-0.25, -0.2) is 4.79 Å². The summed E-state index contributed by atoms with van der Waals surface area (Å²) < 4.78 is 49.4. The molecule has 0 saturated carbocycles. The molecule has 0 spiro atoms. The SMILES string of the molecule is CCCOC(=O)C1=Cc2cc(Cl)cc(C)c2OC1C(F)(F)F. The van der Waals surface area contributed by atoms with Crippen LogP contribution in [0, 0.1) is 6.92 Å². The average Bonchev–Trinajstić information content (AvgIpc) is 2.42. The summed E-state index contributed by atoms with van der Waals surface area (Å²) in [6, 6.07) is 2.95. The van der Waals surface area contributed by atoms with E-state index in [-0.39, 0.29) is 12.4 Å². The van der Waals surface area contributed by atoms with Gasteiger partial charge < -0.3 is 9.47 Å². The Bertz CT molecular complexity index is 623. The number of aryl methyl sites for hydroxylation is 1. The van der Waals surface area contributed by atoms with Crippen LogP contribution in [0.2, 0.25) is 5.02 Å². The highest BCUT2D eigenvalue weighted by Gasteiger charge is 2.49. The normalized spacial score (nSPS) is 17.4. The maximum absolute atomic E-state index is 13.2. The van der Waals surface area contributed by atoms with Crippen molar-refractivity contribution in [2.75, 3.05) is 6.61 Å². The number of hydrogen-bond donors (Lipinski definition) is 0. The van der Waals surface area contributed by atoms with E-state index in [0.29, 0.717) is 22.6 Å². The highest BCUT2D eigenvalue weighted by Crippen LogP contribution is 2.40. The Morgan fingerprint density at radius 1 is 1.41 bits per heavy atom. The van der Waals surface area contributed by atoms with Crippen LogP contribution in [-0.2, 0) is 9.53 Å². The molecule has 1 aromatic carbocycles. The van der Waals surface area contributed by atoms with Gasteiger partial charge in [0.05, 0.1) is 12.2 Å². The van der Waals surface area contributed by atoms with E-state index < -0.39 is 23.8 Å². The first-order valence-electron chi connectivity index (χ1n) is 6.66. The molecule has 0 radical (unpaired) electrons. The molecule has 1 aliphatic heterocycles. The van der Waals surface area contributed by atoms with Crippen LogP contribution in [0.15, 0.2) is 17.7 Å². The molecule has 1 aliphatic rings. The second-order valence-corrected chi connectivity index (χ2v) is 5.35. The van der Waals surface area contributed by atoms with E-state index in [1.807, 2.05) is 0 Å². The van der Waals surface area contributed by atoms with Crippen LogP contribution < -0.4 is 4.74 Å². The largest absolute Gasteiger partial charge is 0.475 e. The number of carbonyl (C=O) groups excluding carboxylic acids is 1. The third-order valence-electron chi connectivity index (χ3n) is 3.07. The van der Waals surface area contributed by atoms with Crippen LogP contribution in [0.25, 0.3) is 6.08 Å². The maximum Gasteiger partial charge on any atom is 0.430 e. The van der Waals surface area contributed by atoms with E-state index in [0.717, 1.165) is 6.08 Å². The van der Waals surface area contributed by atoms with Gasteiger partial charge in [0.15, 0.2) is 0 Å². The Balaban J connectivity index is 2.49. The minimum absolute atomic E-state index is 0.0438. The van der Waals surface area contributed by atoms with Crippen LogP contribution >= 0.6 is 11.6 Å². The van der Waals surface area contributed by atoms with E-state index >= 15 is 0 Å². The zero-order chi connectivity index (χ0) is 16.5. The van der Waals surface area contributed by atoms with E-state index in [9.17, 15) is 18.0 Å². The molecule has 0 aliphatic carbocycles. The maximum atomic E-state index is 13.2. The van der Waals surface area contributed by atoms with Gasteiger partial charge in [-0.15, -0.1) is 0 Å². The van der Waals surface area contributed by atoms with Gasteiger partial charge in [0.1, 0.15) is 5.75 Å². The molecule has 1 atom stereocenters. The number of hydrogen-bond acceptors (Lipinski definition) is 3. The van der Waals surface area contributed by atoms with Crippen molar-refractivity contribution in [3.05, 3.63) is 33.9 Å². The molecule has 7 heteroatoms. The summed E-state index contributed by atoms with van der Waals surface area (Å²) in [6.45, 7) is 3.38. The number of alkyl halides is 3. The lowest BCUT2D eigenvalue weighted by Gasteiger charge is -2.29. The van der Waals surface area contributed by atoms with Gasteiger partial charge >= 0.3 is 12.1 Å². The Kier molecular flexibility index (Phi) is 4.70. The first-order valence-corrected chi connectivity index (χ1v) is 7.04. The van der Waals surface area contributed by atoms with Crippen molar-refractivity contribution in [1.82, 2.24) is 0 Å². The molecule has 0 saturated heterocycles. The van der Waals surface area contributed by atoms with Crippen molar-refractivity contribution in [2.24, 2.45) is 0 Å². The minimum Gasteiger partial charge on any atom is -0.475 e. The lowest BCUT2D eigenvalue weighted by atomic mass is 9.99. The topological polar surface area (TPSA) is 35.5 Å². The van der Waals surface area contributed by atoms with Crippen molar-refractivity contribution < 1.29 is 27.4 Å². The quantitative estimate of drug-likeness (QED) is 0.773. The van der Waals surface area contributed by atoms with E-state index in [4.69, 9.17) is 21.1 Å². The first-order chi connectivity index (χ1) is 10.2. The summed E-state index contributed by atoms with van der Waals surface area (Å²) in [4.78, 5) is 11.9. The molecule has 1 aromatic rings. The lowest BCUT2D eigenvalue weighted by molar-refractivity contribution is -0.188.